The van der Waals surface area contributed by atoms with Crippen LogP contribution in [0.3, 0.4) is 0 Å². The minimum absolute atomic E-state index is 0.0826. The van der Waals surface area contributed by atoms with E-state index in [2.05, 4.69) is 12.8 Å². The van der Waals surface area contributed by atoms with Gasteiger partial charge in [-0.2, -0.15) is 0 Å². The van der Waals surface area contributed by atoms with Crippen molar-refractivity contribution < 1.29 is 4.79 Å². The molecule has 1 rings (SSSR count). The summed E-state index contributed by atoms with van der Waals surface area (Å²) >= 11 is 3.84. The van der Waals surface area contributed by atoms with E-state index in [9.17, 15) is 4.79 Å². The molecule has 1 fully saturated rings. The molecule has 1 amide bonds. The number of carbonyl (C=O) groups is 1. The summed E-state index contributed by atoms with van der Waals surface area (Å²) in [5.41, 5.74) is 5.32. The molecule has 2 N–H and O–H groups in total. The van der Waals surface area contributed by atoms with Gasteiger partial charge in [0.1, 0.15) is 6.04 Å². The van der Waals surface area contributed by atoms with Gasteiger partial charge < -0.3 is 5.73 Å². The fourth-order valence-corrected chi connectivity index (χ4v) is 0.907. The summed E-state index contributed by atoms with van der Waals surface area (Å²) in [6, 6.07) is -0.210. The van der Waals surface area contributed by atoms with E-state index in [0.29, 0.717) is 0 Å². The van der Waals surface area contributed by atoms with Crippen molar-refractivity contribution in [3.8, 4) is 0 Å². The monoisotopic (exact) mass is 132 g/mol. The molecule has 8 heavy (non-hydrogen) atoms. The SMILES string of the molecule is CC1C(N)C(=O)N1S. The Balaban J connectivity index is 2.55. The second kappa shape index (κ2) is 1.63. The smallest absolute Gasteiger partial charge is 0.251 e. The molecule has 1 aliphatic rings. The van der Waals surface area contributed by atoms with Gasteiger partial charge >= 0.3 is 0 Å². The molecule has 1 saturated heterocycles. The van der Waals surface area contributed by atoms with Gasteiger partial charge in [-0.25, -0.2) is 0 Å². The lowest BCUT2D eigenvalue weighted by Gasteiger charge is -2.38. The van der Waals surface area contributed by atoms with Gasteiger partial charge in [0.25, 0.3) is 5.91 Å². The minimum Gasteiger partial charge on any atom is -0.318 e. The Bertz CT molecular complexity index is 115. The average Bonchev–Trinajstić information content (AvgIpc) is 1.83. The van der Waals surface area contributed by atoms with Crippen molar-refractivity contribution in [3.05, 3.63) is 0 Å². The van der Waals surface area contributed by atoms with E-state index in [1.54, 1.807) is 0 Å². The van der Waals surface area contributed by atoms with Gasteiger partial charge in [-0.1, -0.05) is 12.8 Å². The molecule has 3 nitrogen and oxygen atoms in total. The first-order chi connectivity index (χ1) is 3.64. The van der Waals surface area contributed by atoms with E-state index in [-0.39, 0.29) is 18.0 Å². The van der Waals surface area contributed by atoms with E-state index >= 15 is 0 Å². The summed E-state index contributed by atoms with van der Waals surface area (Å²) in [7, 11) is 0. The van der Waals surface area contributed by atoms with Gasteiger partial charge in [0, 0.05) is 0 Å². The maximum Gasteiger partial charge on any atom is 0.251 e. The van der Waals surface area contributed by atoms with Crippen molar-refractivity contribution in [2.24, 2.45) is 5.73 Å². The van der Waals surface area contributed by atoms with E-state index < -0.39 is 0 Å². The van der Waals surface area contributed by atoms with Crippen LogP contribution in [0, 0.1) is 0 Å². The van der Waals surface area contributed by atoms with Gasteiger partial charge in [-0.05, 0) is 6.92 Å². The van der Waals surface area contributed by atoms with Crippen LogP contribution in [-0.2, 0) is 4.79 Å². The molecule has 1 heterocycles. The number of amides is 1. The molecule has 2 atom stereocenters. The van der Waals surface area contributed by atoms with Gasteiger partial charge in [0.15, 0.2) is 0 Å². The number of rotatable bonds is 0. The molecule has 0 aromatic carbocycles. The molecular formula is C4H8N2OS. The summed E-state index contributed by atoms with van der Waals surface area (Å²) in [6.07, 6.45) is 0. The van der Waals surface area contributed by atoms with Crippen LogP contribution in [-0.4, -0.2) is 22.3 Å². The zero-order valence-electron chi connectivity index (χ0n) is 4.53. The van der Waals surface area contributed by atoms with E-state index in [0.717, 1.165) is 0 Å². The Morgan fingerprint density at radius 2 is 2.38 bits per heavy atom. The Labute approximate surface area is 53.4 Å². The summed E-state index contributed by atoms with van der Waals surface area (Å²) in [6.45, 7) is 1.86. The average molecular weight is 132 g/mol. The normalized spacial score (nSPS) is 37.4. The number of nitrogens with two attached hydrogens (primary N) is 1. The number of hydrogen-bond donors (Lipinski definition) is 2. The maximum absolute atomic E-state index is 10.5. The number of carbonyl (C=O) groups excluding carboxylic acids is 1. The van der Waals surface area contributed by atoms with Gasteiger partial charge in [-0.3, -0.25) is 9.10 Å². The number of nitrogens with zero attached hydrogens (tertiary/aromatic N) is 1. The third kappa shape index (κ3) is 0.530. The van der Waals surface area contributed by atoms with Crippen LogP contribution in [0.15, 0.2) is 0 Å². The zero-order valence-corrected chi connectivity index (χ0v) is 5.43. The number of hydrogen-bond acceptors (Lipinski definition) is 3. The lowest BCUT2D eigenvalue weighted by Crippen LogP contribution is -2.63. The van der Waals surface area contributed by atoms with Crippen molar-refractivity contribution in [2.45, 2.75) is 19.0 Å². The van der Waals surface area contributed by atoms with Crippen LogP contribution in [0.5, 0.6) is 0 Å². The molecule has 4 heteroatoms. The van der Waals surface area contributed by atoms with Crippen molar-refractivity contribution in [1.29, 1.82) is 0 Å². The molecule has 0 spiro atoms. The molecule has 0 aromatic heterocycles. The van der Waals surface area contributed by atoms with Crippen LogP contribution in [0.1, 0.15) is 6.92 Å². The first-order valence-electron chi connectivity index (χ1n) is 2.42. The highest BCUT2D eigenvalue weighted by Crippen LogP contribution is 2.18. The minimum atomic E-state index is -0.313. The third-order valence-electron chi connectivity index (χ3n) is 1.42. The molecular weight excluding hydrogens is 124 g/mol. The topological polar surface area (TPSA) is 46.3 Å². The predicted octanol–water partition coefficient (Wildman–Crippen LogP) is -0.611. The largest absolute Gasteiger partial charge is 0.318 e. The summed E-state index contributed by atoms with van der Waals surface area (Å²) in [5.74, 6) is -0.0826. The zero-order chi connectivity index (χ0) is 6.31. The Hall–Kier alpha value is -0.220. The van der Waals surface area contributed by atoms with Crippen LogP contribution < -0.4 is 5.73 Å². The standard InChI is InChI=1S/C4H8N2OS/c1-2-3(5)4(7)6(2)8/h2-3,8H,5H2,1H3. The van der Waals surface area contributed by atoms with Crippen molar-refractivity contribution in [3.63, 3.8) is 0 Å². The quantitative estimate of drug-likeness (QED) is 0.341. The first kappa shape index (κ1) is 5.91. The van der Waals surface area contributed by atoms with E-state index in [1.807, 2.05) is 6.92 Å². The number of thiol groups is 1. The summed E-state index contributed by atoms with van der Waals surface area (Å²) in [4.78, 5) is 10.5. The second-order valence-electron chi connectivity index (χ2n) is 1.95. The molecule has 0 aromatic rings. The maximum atomic E-state index is 10.5. The van der Waals surface area contributed by atoms with Crippen molar-refractivity contribution in [1.82, 2.24) is 4.31 Å². The van der Waals surface area contributed by atoms with Gasteiger partial charge in [0.05, 0.1) is 6.04 Å². The molecule has 2 unspecified atom stereocenters. The van der Waals surface area contributed by atoms with E-state index in [1.165, 1.54) is 4.31 Å². The second-order valence-corrected chi connectivity index (χ2v) is 2.38. The summed E-state index contributed by atoms with van der Waals surface area (Å²) < 4.78 is 1.34. The van der Waals surface area contributed by atoms with Gasteiger partial charge in [-0.15, -0.1) is 0 Å². The molecule has 0 radical (unpaired) electrons. The summed E-state index contributed by atoms with van der Waals surface area (Å²) in [5, 5.41) is 0. The fraction of sp³-hybridized carbons (Fsp3) is 0.750. The van der Waals surface area contributed by atoms with Crippen LogP contribution in [0.4, 0.5) is 0 Å². The first-order valence-corrected chi connectivity index (χ1v) is 2.82. The van der Waals surface area contributed by atoms with Crippen molar-refractivity contribution in [2.75, 3.05) is 0 Å². The Morgan fingerprint density at radius 3 is 2.50 bits per heavy atom. The van der Waals surface area contributed by atoms with Crippen LogP contribution in [0.2, 0.25) is 0 Å². The van der Waals surface area contributed by atoms with Crippen LogP contribution in [0.25, 0.3) is 0 Å². The highest BCUT2D eigenvalue weighted by molar-refractivity contribution is 7.78. The number of β-lactam (4-membered cyclic amide) rings is 1. The van der Waals surface area contributed by atoms with Gasteiger partial charge in [0.2, 0.25) is 0 Å². The highest BCUT2D eigenvalue weighted by atomic mass is 32.1. The third-order valence-corrected chi connectivity index (χ3v) is 1.98. The van der Waals surface area contributed by atoms with Crippen LogP contribution >= 0.6 is 12.8 Å². The molecule has 0 bridgehead atoms. The molecule has 1 aliphatic heterocycles. The lowest BCUT2D eigenvalue weighted by atomic mass is 10.0. The molecule has 0 aliphatic carbocycles. The Morgan fingerprint density at radius 1 is 1.88 bits per heavy atom. The molecule has 0 saturated carbocycles. The lowest BCUT2D eigenvalue weighted by molar-refractivity contribution is -0.138. The Kier molecular flexibility index (Phi) is 1.21. The highest BCUT2D eigenvalue weighted by Gasteiger charge is 2.39. The molecule has 46 valence electrons. The fourth-order valence-electron chi connectivity index (χ4n) is 0.630. The predicted molar refractivity (Wildman–Crippen MR) is 33.3 cm³/mol. The van der Waals surface area contributed by atoms with Crippen molar-refractivity contribution >= 4 is 18.7 Å². The van der Waals surface area contributed by atoms with E-state index in [4.69, 9.17) is 5.73 Å².